The third kappa shape index (κ3) is 3.61. The molecule has 0 saturated heterocycles. The molecule has 0 radical (unpaired) electrons. The van der Waals surface area contributed by atoms with Crippen molar-refractivity contribution in [3.05, 3.63) is 24.5 Å². The number of aromatic nitrogens is 2. The van der Waals surface area contributed by atoms with Crippen molar-refractivity contribution < 1.29 is 8.42 Å². The van der Waals surface area contributed by atoms with Crippen LogP contribution >= 0.6 is 10.7 Å². The normalized spacial score (nSPS) is 11.5. The summed E-state index contributed by atoms with van der Waals surface area (Å²) in [5.41, 5.74) is 0.823. The van der Waals surface area contributed by atoms with Crippen LogP contribution in [0, 0.1) is 0 Å². The smallest absolute Gasteiger partial charge is 0.232 e. The van der Waals surface area contributed by atoms with Crippen molar-refractivity contribution in [1.82, 2.24) is 9.78 Å². The Morgan fingerprint density at radius 3 is 2.85 bits per heavy atom. The second-order valence-corrected chi connectivity index (χ2v) is 5.40. The maximum Gasteiger partial charge on any atom is 0.232 e. The summed E-state index contributed by atoms with van der Waals surface area (Å²) in [7, 11) is 1.64. The van der Waals surface area contributed by atoms with Crippen molar-refractivity contribution in [1.29, 1.82) is 0 Å². The highest BCUT2D eigenvalue weighted by Crippen LogP contribution is 2.04. The highest BCUT2D eigenvalue weighted by atomic mass is 35.7. The lowest BCUT2D eigenvalue weighted by Crippen LogP contribution is -1.99. The number of halogens is 1. The molecule has 4 nitrogen and oxygen atoms in total. The Kier molecular flexibility index (Phi) is 3.11. The highest BCUT2D eigenvalue weighted by Gasteiger charge is 2.06. The Morgan fingerprint density at radius 2 is 2.38 bits per heavy atom. The van der Waals surface area contributed by atoms with E-state index in [1.54, 1.807) is 12.4 Å². The van der Waals surface area contributed by atoms with Gasteiger partial charge in [-0.25, -0.2) is 13.1 Å². The Hall–Kier alpha value is -0.810. The van der Waals surface area contributed by atoms with E-state index >= 15 is 0 Å². The minimum Gasteiger partial charge on any atom is -0.249 e. The molecule has 1 rings (SSSR count). The van der Waals surface area contributed by atoms with Crippen LogP contribution in [0.3, 0.4) is 0 Å². The molecule has 6 heteroatoms. The summed E-state index contributed by atoms with van der Waals surface area (Å²) in [6, 6.07) is 0. The number of hydrogen-bond donors (Lipinski definition) is 0. The molecule has 0 aliphatic carbocycles. The molecule has 0 spiro atoms. The van der Waals surface area contributed by atoms with Crippen LogP contribution in [-0.2, 0) is 15.5 Å². The van der Waals surface area contributed by atoms with E-state index in [1.807, 2.05) is 0 Å². The van der Waals surface area contributed by atoms with Crippen molar-refractivity contribution in [3.63, 3.8) is 0 Å². The van der Waals surface area contributed by atoms with Crippen LogP contribution in [0.25, 0.3) is 6.20 Å². The standard InChI is InChI=1S/C7H9ClN2O2S/c1-2-10-6-7(5-9-10)3-4-13(8,11)12/h2,5-6H,1,3-4H2. The second kappa shape index (κ2) is 3.93. The summed E-state index contributed by atoms with van der Waals surface area (Å²) >= 11 is 0. The molecule has 72 valence electrons. The minimum absolute atomic E-state index is 0.0720. The Bertz CT molecular complexity index is 396. The Labute approximate surface area is 81.2 Å². The van der Waals surface area contributed by atoms with E-state index in [4.69, 9.17) is 10.7 Å². The van der Waals surface area contributed by atoms with Crippen molar-refractivity contribution in [2.75, 3.05) is 5.75 Å². The molecule has 0 fully saturated rings. The zero-order chi connectivity index (χ0) is 9.90. The van der Waals surface area contributed by atoms with Crippen LogP contribution in [0.4, 0.5) is 0 Å². The van der Waals surface area contributed by atoms with E-state index in [0.29, 0.717) is 6.42 Å². The lowest BCUT2D eigenvalue weighted by atomic mass is 10.3. The summed E-state index contributed by atoms with van der Waals surface area (Å²) < 4.78 is 22.7. The van der Waals surface area contributed by atoms with Gasteiger partial charge in [-0.05, 0) is 12.0 Å². The quantitative estimate of drug-likeness (QED) is 0.714. The van der Waals surface area contributed by atoms with Crippen LogP contribution < -0.4 is 0 Å². The summed E-state index contributed by atoms with van der Waals surface area (Å²) in [6.45, 7) is 3.51. The van der Waals surface area contributed by atoms with Crippen LogP contribution in [0.1, 0.15) is 5.56 Å². The molecule has 0 N–H and O–H groups in total. The van der Waals surface area contributed by atoms with Gasteiger partial charge >= 0.3 is 0 Å². The lowest BCUT2D eigenvalue weighted by Gasteiger charge is -1.92. The topological polar surface area (TPSA) is 52.0 Å². The molecule has 0 saturated carbocycles. The van der Waals surface area contributed by atoms with Gasteiger partial charge in [0.1, 0.15) is 0 Å². The molecule has 0 unspecified atom stereocenters. The first-order chi connectivity index (χ1) is 6.01. The fraction of sp³-hybridized carbons (Fsp3) is 0.286. The molecule has 0 bridgehead atoms. The van der Waals surface area contributed by atoms with Gasteiger partial charge in [0.05, 0.1) is 11.9 Å². The maximum atomic E-state index is 10.6. The van der Waals surface area contributed by atoms with Crippen LogP contribution in [0.15, 0.2) is 19.0 Å². The first kappa shape index (κ1) is 10.3. The van der Waals surface area contributed by atoms with Crippen LogP contribution in [-0.4, -0.2) is 24.0 Å². The zero-order valence-electron chi connectivity index (χ0n) is 6.85. The van der Waals surface area contributed by atoms with Crippen LogP contribution in [0.5, 0.6) is 0 Å². The molecule has 0 amide bonds. The highest BCUT2D eigenvalue weighted by molar-refractivity contribution is 8.13. The monoisotopic (exact) mass is 220 g/mol. The molecule has 0 aliphatic heterocycles. The van der Waals surface area contributed by atoms with E-state index < -0.39 is 9.05 Å². The van der Waals surface area contributed by atoms with Crippen molar-refractivity contribution in [2.45, 2.75) is 6.42 Å². The van der Waals surface area contributed by atoms with E-state index in [2.05, 4.69) is 11.7 Å². The third-order valence-corrected chi connectivity index (χ3v) is 2.63. The van der Waals surface area contributed by atoms with Gasteiger partial charge in [0.15, 0.2) is 0 Å². The van der Waals surface area contributed by atoms with Crippen molar-refractivity contribution in [3.8, 4) is 0 Å². The van der Waals surface area contributed by atoms with Gasteiger partial charge in [-0.1, -0.05) is 6.58 Å². The molecular weight excluding hydrogens is 212 g/mol. The predicted octanol–water partition coefficient (Wildman–Crippen LogP) is 1.09. The minimum atomic E-state index is -3.41. The summed E-state index contributed by atoms with van der Waals surface area (Å²) in [4.78, 5) is 0. The largest absolute Gasteiger partial charge is 0.249 e. The fourth-order valence-corrected chi connectivity index (χ4v) is 1.56. The average molecular weight is 221 g/mol. The molecule has 1 aromatic rings. The molecule has 0 aromatic carbocycles. The fourth-order valence-electron chi connectivity index (χ4n) is 0.846. The van der Waals surface area contributed by atoms with Gasteiger partial charge in [-0.2, -0.15) is 5.10 Å². The van der Waals surface area contributed by atoms with Gasteiger partial charge in [0.2, 0.25) is 9.05 Å². The van der Waals surface area contributed by atoms with Gasteiger partial charge < -0.3 is 0 Å². The zero-order valence-corrected chi connectivity index (χ0v) is 8.42. The Balaban J connectivity index is 2.60. The van der Waals surface area contributed by atoms with E-state index in [1.165, 1.54) is 10.9 Å². The van der Waals surface area contributed by atoms with E-state index in [-0.39, 0.29) is 5.75 Å². The number of aryl methyl sites for hydroxylation is 1. The molecule has 1 heterocycles. The van der Waals surface area contributed by atoms with Crippen LogP contribution in [0.2, 0.25) is 0 Å². The average Bonchev–Trinajstić information content (AvgIpc) is 2.47. The van der Waals surface area contributed by atoms with Gasteiger partial charge in [-0.3, -0.25) is 0 Å². The van der Waals surface area contributed by atoms with E-state index in [9.17, 15) is 8.42 Å². The van der Waals surface area contributed by atoms with E-state index in [0.717, 1.165) is 5.56 Å². The molecule has 0 atom stereocenters. The summed E-state index contributed by atoms with van der Waals surface area (Å²) in [6.07, 6.45) is 5.19. The first-order valence-electron chi connectivity index (χ1n) is 3.59. The lowest BCUT2D eigenvalue weighted by molar-refractivity contribution is 0.609. The predicted molar refractivity (Wildman–Crippen MR) is 52.0 cm³/mol. The number of rotatable bonds is 4. The van der Waals surface area contributed by atoms with Gasteiger partial charge in [-0.15, -0.1) is 0 Å². The molecule has 0 aliphatic rings. The first-order valence-corrected chi connectivity index (χ1v) is 6.07. The van der Waals surface area contributed by atoms with Gasteiger partial charge in [0.25, 0.3) is 0 Å². The molecule has 13 heavy (non-hydrogen) atoms. The third-order valence-electron chi connectivity index (χ3n) is 1.48. The maximum absolute atomic E-state index is 10.6. The summed E-state index contributed by atoms with van der Waals surface area (Å²) in [5.74, 6) is -0.0720. The SMILES string of the molecule is C=Cn1cc(CCS(=O)(=O)Cl)cn1. The summed E-state index contributed by atoms with van der Waals surface area (Å²) in [5, 5.41) is 3.90. The second-order valence-electron chi connectivity index (χ2n) is 2.50. The Morgan fingerprint density at radius 1 is 1.69 bits per heavy atom. The number of hydrogen-bond acceptors (Lipinski definition) is 3. The molecule has 1 aromatic heterocycles. The molecular formula is C7H9ClN2O2S. The van der Waals surface area contributed by atoms with Crippen molar-refractivity contribution >= 4 is 25.9 Å². The van der Waals surface area contributed by atoms with Crippen molar-refractivity contribution in [2.24, 2.45) is 0 Å². The van der Waals surface area contributed by atoms with Gasteiger partial charge in [0, 0.05) is 23.1 Å². The number of nitrogens with zero attached hydrogens (tertiary/aromatic N) is 2.